The minimum atomic E-state index is -0.495. The van der Waals surface area contributed by atoms with Gasteiger partial charge in [-0.15, -0.1) is 0 Å². The van der Waals surface area contributed by atoms with Gasteiger partial charge in [0.05, 0.1) is 18.2 Å². The Morgan fingerprint density at radius 1 is 1.26 bits per heavy atom. The van der Waals surface area contributed by atoms with Crippen LogP contribution >= 0.6 is 11.8 Å². The number of hydrazone groups is 1. The lowest BCUT2D eigenvalue weighted by atomic mass is 10.1. The molecule has 0 aliphatic carbocycles. The van der Waals surface area contributed by atoms with E-state index in [4.69, 9.17) is 14.6 Å². The van der Waals surface area contributed by atoms with E-state index in [-0.39, 0.29) is 11.4 Å². The number of nitrogens with zero attached hydrogens (tertiary/aromatic N) is 3. The molecule has 0 bridgehead atoms. The van der Waals surface area contributed by atoms with Gasteiger partial charge in [0, 0.05) is 12.0 Å². The minimum absolute atomic E-state index is 0.0263. The van der Waals surface area contributed by atoms with Gasteiger partial charge in [0.1, 0.15) is 16.6 Å². The number of ether oxygens (including phenoxy) is 1. The molecule has 2 aromatic rings. The second kappa shape index (κ2) is 8.35. The summed E-state index contributed by atoms with van der Waals surface area (Å²) < 4.78 is 10.5. The standard InChI is InChI=1S/C22H20N4O4S/c1-12(2)10-18-25-26-19(23)16(20(27)24-22(26)31-18)11-15-8-9-17(30-15)13-4-6-14(7-5-13)21(28)29-3/h4-9,11-12,23H,10H2,1-3H3. The lowest BCUT2D eigenvalue weighted by Crippen LogP contribution is -2.35. The summed E-state index contributed by atoms with van der Waals surface area (Å²) in [5.41, 5.74) is 1.32. The van der Waals surface area contributed by atoms with E-state index in [9.17, 15) is 9.59 Å². The number of rotatable bonds is 5. The maximum absolute atomic E-state index is 12.5. The number of benzene rings is 1. The van der Waals surface area contributed by atoms with Crippen LogP contribution in [0.3, 0.4) is 0 Å². The van der Waals surface area contributed by atoms with E-state index < -0.39 is 11.9 Å². The number of amides is 1. The fourth-order valence-electron chi connectivity index (χ4n) is 3.08. The highest BCUT2D eigenvalue weighted by molar-refractivity contribution is 8.26. The molecule has 2 aliphatic heterocycles. The van der Waals surface area contributed by atoms with Crippen LogP contribution in [0.1, 0.15) is 36.4 Å². The van der Waals surface area contributed by atoms with E-state index in [1.807, 2.05) is 0 Å². The van der Waals surface area contributed by atoms with Crippen molar-refractivity contribution in [2.45, 2.75) is 20.3 Å². The van der Waals surface area contributed by atoms with E-state index in [2.05, 4.69) is 23.9 Å². The summed E-state index contributed by atoms with van der Waals surface area (Å²) in [4.78, 5) is 28.2. The lowest BCUT2D eigenvalue weighted by Gasteiger charge is -2.19. The average Bonchev–Trinajstić information content (AvgIpc) is 3.37. The molecule has 158 valence electrons. The topological polar surface area (TPSA) is 108 Å². The van der Waals surface area contributed by atoms with Crippen LogP contribution in [-0.4, -0.2) is 40.0 Å². The molecule has 0 atom stereocenters. The highest BCUT2D eigenvalue weighted by atomic mass is 32.2. The van der Waals surface area contributed by atoms with Crippen molar-refractivity contribution in [3.8, 4) is 11.3 Å². The van der Waals surface area contributed by atoms with Crippen LogP contribution in [0.5, 0.6) is 0 Å². The van der Waals surface area contributed by atoms with Crippen molar-refractivity contribution >= 4 is 45.8 Å². The fraction of sp³-hybridized carbons (Fsp3) is 0.227. The predicted octanol–water partition coefficient (Wildman–Crippen LogP) is 4.40. The molecular weight excluding hydrogens is 416 g/mol. The molecule has 1 amide bonds. The number of furan rings is 1. The fourth-order valence-corrected chi connectivity index (χ4v) is 4.18. The van der Waals surface area contributed by atoms with E-state index in [1.165, 1.54) is 30.0 Å². The van der Waals surface area contributed by atoms with Gasteiger partial charge in [-0.2, -0.15) is 15.1 Å². The molecule has 3 heterocycles. The van der Waals surface area contributed by atoms with Crippen LogP contribution in [0.2, 0.25) is 0 Å². The van der Waals surface area contributed by atoms with E-state index in [0.717, 1.165) is 17.0 Å². The van der Waals surface area contributed by atoms with Gasteiger partial charge in [-0.25, -0.2) is 4.79 Å². The molecule has 9 heteroatoms. The molecule has 0 saturated carbocycles. The summed E-state index contributed by atoms with van der Waals surface area (Å²) in [6.45, 7) is 4.17. The Labute approximate surface area is 183 Å². The van der Waals surface area contributed by atoms with Crippen LogP contribution in [0.15, 0.2) is 56.5 Å². The van der Waals surface area contributed by atoms with Gasteiger partial charge in [0.25, 0.3) is 5.91 Å². The first-order valence-corrected chi connectivity index (χ1v) is 10.4. The number of carbonyl (C=O) groups excluding carboxylic acids is 2. The maximum atomic E-state index is 12.5. The second-order valence-corrected chi connectivity index (χ2v) is 8.42. The summed E-state index contributed by atoms with van der Waals surface area (Å²) in [5, 5.41) is 15.5. The van der Waals surface area contributed by atoms with Crippen LogP contribution in [-0.2, 0) is 9.53 Å². The molecule has 0 saturated heterocycles. The number of hydrogen-bond acceptors (Lipinski definition) is 7. The quantitative estimate of drug-likeness (QED) is 0.550. The number of methoxy groups -OCH3 is 1. The summed E-state index contributed by atoms with van der Waals surface area (Å²) >= 11 is 1.33. The van der Waals surface area contributed by atoms with Crippen LogP contribution in [0.4, 0.5) is 0 Å². The summed E-state index contributed by atoms with van der Waals surface area (Å²) in [6.07, 6.45) is 2.26. The first kappa shape index (κ1) is 20.8. The Morgan fingerprint density at radius 3 is 2.68 bits per heavy atom. The van der Waals surface area contributed by atoms with Gasteiger partial charge in [-0.1, -0.05) is 26.0 Å². The Balaban J connectivity index is 1.57. The molecule has 0 fully saturated rings. The molecule has 0 radical (unpaired) electrons. The Kier molecular flexibility index (Phi) is 5.60. The van der Waals surface area contributed by atoms with E-state index in [0.29, 0.717) is 28.2 Å². The lowest BCUT2D eigenvalue weighted by molar-refractivity contribution is -0.114. The van der Waals surface area contributed by atoms with Gasteiger partial charge in [-0.3, -0.25) is 10.2 Å². The normalized spacial score (nSPS) is 17.2. The number of aliphatic imine (C=N–C) groups is 1. The SMILES string of the molecule is COC(=O)c1ccc(-c2ccc(C=C3C(=N)N4N=C(CC(C)C)SC4=NC3=O)o2)cc1. The minimum Gasteiger partial charge on any atom is -0.465 e. The third kappa shape index (κ3) is 4.22. The smallest absolute Gasteiger partial charge is 0.337 e. The zero-order valence-corrected chi connectivity index (χ0v) is 18.0. The van der Waals surface area contributed by atoms with Crippen molar-refractivity contribution < 1.29 is 18.7 Å². The predicted molar refractivity (Wildman–Crippen MR) is 120 cm³/mol. The molecule has 0 spiro atoms. The second-order valence-electron chi connectivity index (χ2n) is 7.38. The molecule has 2 aliphatic rings. The molecule has 1 aromatic carbocycles. The molecule has 8 nitrogen and oxygen atoms in total. The number of amidine groups is 2. The van der Waals surface area contributed by atoms with Crippen LogP contribution < -0.4 is 0 Å². The van der Waals surface area contributed by atoms with Gasteiger partial charge in [0.2, 0.25) is 5.17 Å². The molecule has 31 heavy (non-hydrogen) atoms. The van der Waals surface area contributed by atoms with Gasteiger partial charge < -0.3 is 9.15 Å². The summed E-state index contributed by atoms with van der Waals surface area (Å²) in [6, 6.07) is 10.3. The van der Waals surface area contributed by atoms with Gasteiger partial charge >= 0.3 is 5.97 Å². The number of fused-ring (bicyclic) bond motifs is 1. The highest BCUT2D eigenvalue weighted by Crippen LogP contribution is 2.31. The zero-order chi connectivity index (χ0) is 22.1. The van der Waals surface area contributed by atoms with Gasteiger partial charge in [-0.05, 0) is 48.0 Å². The van der Waals surface area contributed by atoms with Crippen molar-refractivity contribution in [2.75, 3.05) is 7.11 Å². The van der Waals surface area contributed by atoms with Crippen molar-refractivity contribution in [1.29, 1.82) is 5.41 Å². The number of hydrogen-bond donors (Lipinski definition) is 1. The third-order valence-corrected chi connectivity index (χ3v) is 5.51. The van der Waals surface area contributed by atoms with Crippen molar-refractivity contribution in [3.05, 3.63) is 53.3 Å². The Morgan fingerprint density at radius 2 is 2.00 bits per heavy atom. The van der Waals surface area contributed by atoms with Crippen molar-refractivity contribution in [2.24, 2.45) is 16.0 Å². The van der Waals surface area contributed by atoms with Crippen molar-refractivity contribution in [1.82, 2.24) is 5.01 Å². The third-order valence-electron chi connectivity index (χ3n) is 4.58. The molecule has 4 rings (SSSR count). The zero-order valence-electron chi connectivity index (χ0n) is 17.2. The van der Waals surface area contributed by atoms with Gasteiger partial charge in [0.15, 0.2) is 5.84 Å². The Bertz CT molecular complexity index is 1160. The highest BCUT2D eigenvalue weighted by Gasteiger charge is 2.35. The molecule has 0 unspecified atom stereocenters. The average molecular weight is 436 g/mol. The van der Waals surface area contributed by atoms with Crippen LogP contribution in [0.25, 0.3) is 17.4 Å². The molecule has 1 N–H and O–H groups in total. The number of nitrogens with one attached hydrogen (secondary N) is 1. The molecule has 1 aromatic heterocycles. The molecular formula is C22H20N4O4S. The Hall–Kier alpha value is -3.46. The number of esters is 1. The largest absolute Gasteiger partial charge is 0.465 e. The van der Waals surface area contributed by atoms with Crippen LogP contribution in [0, 0.1) is 11.3 Å². The number of carbonyl (C=O) groups is 2. The van der Waals surface area contributed by atoms with E-state index in [1.54, 1.807) is 36.4 Å². The van der Waals surface area contributed by atoms with Crippen molar-refractivity contribution in [3.63, 3.8) is 0 Å². The summed E-state index contributed by atoms with van der Waals surface area (Å²) in [7, 11) is 1.33. The number of thioether (sulfide) groups is 1. The first-order chi connectivity index (χ1) is 14.9. The monoisotopic (exact) mass is 436 g/mol. The first-order valence-electron chi connectivity index (χ1n) is 9.63. The maximum Gasteiger partial charge on any atom is 0.337 e. The summed E-state index contributed by atoms with van der Waals surface area (Å²) in [5.74, 6) is 0.460. The van der Waals surface area contributed by atoms with E-state index >= 15 is 0 Å².